The molecular weight excluding hydrogens is 362 g/mol. The summed E-state index contributed by atoms with van der Waals surface area (Å²) in [4.78, 5) is 34.0. The predicted octanol–water partition coefficient (Wildman–Crippen LogP) is 1.83. The van der Waals surface area contributed by atoms with E-state index in [1.54, 1.807) is 19.3 Å². The second-order valence-electron chi connectivity index (χ2n) is 6.33. The van der Waals surface area contributed by atoms with Crippen molar-refractivity contribution >= 4 is 34.0 Å². The lowest BCUT2D eigenvalue weighted by Crippen LogP contribution is -2.49. The van der Waals surface area contributed by atoms with E-state index < -0.39 is 0 Å². The van der Waals surface area contributed by atoms with Crippen LogP contribution in [-0.4, -0.2) is 46.5 Å². The Labute approximate surface area is 159 Å². The van der Waals surface area contributed by atoms with Crippen LogP contribution in [0, 0.1) is 11.3 Å². The minimum Gasteiger partial charge on any atom is -0.366 e. The summed E-state index contributed by atoms with van der Waals surface area (Å²) >= 11 is 1.43. The van der Waals surface area contributed by atoms with E-state index in [4.69, 9.17) is 0 Å². The number of piperazine rings is 1. The number of aromatic nitrogens is 2. The number of aryl methyl sites for hydroxylation is 1. The Morgan fingerprint density at radius 3 is 2.67 bits per heavy atom. The number of nitriles is 1. The zero-order chi connectivity index (χ0) is 19.0. The van der Waals surface area contributed by atoms with Crippen molar-refractivity contribution in [3.8, 4) is 6.07 Å². The van der Waals surface area contributed by atoms with Crippen LogP contribution in [-0.2, 0) is 7.05 Å². The first-order valence-corrected chi connectivity index (χ1v) is 9.45. The van der Waals surface area contributed by atoms with Gasteiger partial charge >= 0.3 is 0 Å². The smallest absolute Gasteiger partial charge is 0.272 e. The fourth-order valence-electron chi connectivity index (χ4n) is 3.47. The number of rotatable bonds is 2. The van der Waals surface area contributed by atoms with Crippen LogP contribution in [0.1, 0.15) is 15.2 Å². The monoisotopic (exact) mass is 379 g/mol. The Morgan fingerprint density at radius 2 is 2.00 bits per heavy atom. The molecule has 0 aromatic carbocycles. The molecule has 1 aliphatic heterocycles. The van der Waals surface area contributed by atoms with Crippen LogP contribution in [0.5, 0.6) is 0 Å². The number of carbonyl (C=O) groups excluding carboxylic acids is 1. The third kappa shape index (κ3) is 2.86. The first kappa shape index (κ1) is 17.2. The maximum absolute atomic E-state index is 12.6. The summed E-state index contributed by atoms with van der Waals surface area (Å²) in [7, 11) is 1.62. The summed E-state index contributed by atoms with van der Waals surface area (Å²) in [5, 5.41) is 12.3. The number of nitrogens with zero attached hydrogens (tertiary/aromatic N) is 5. The molecule has 1 fully saturated rings. The van der Waals surface area contributed by atoms with Crippen LogP contribution in [0.2, 0.25) is 0 Å². The molecule has 3 aromatic heterocycles. The van der Waals surface area contributed by atoms with Crippen LogP contribution in [0.25, 0.3) is 11.0 Å². The minimum atomic E-state index is -0.351. The number of anilines is 1. The highest BCUT2D eigenvalue weighted by molar-refractivity contribution is 7.12. The van der Waals surface area contributed by atoms with E-state index in [0.717, 1.165) is 10.3 Å². The van der Waals surface area contributed by atoms with E-state index in [1.807, 2.05) is 33.4 Å². The Morgan fingerprint density at radius 1 is 1.22 bits per heavy atom. The first-order valence-electron chi connectivity index (χ1n) is 8.57. The van der Waals surface area contributed by atoms with Crippen molar-refractivity contribution in [3.05, 3.63) is 56.6 Å². The Balaban J connectivity index is 1.68. The normalized spacial score (nSPS) is 14.4. The number of hydrogen-bond acceptors (Lipinski definition) is 6. The maximum Gasteiger partial charge on any atom is 0.272 e. The second kappa shape index (κ2) is 6.85. The molecular formula is C19H17N5O2S. The number of hydrogen-bond donors (Lipinski definition) is 0. The molecule has 1 saturated heterocycles. The third-order valence-corrected chi connectivity index (χ3v) is 5.70. The Kier molecular flexibility index (Phi) is 4.38. The lowest BCUT2D eigenvalue weighted by atomic mass is 10.1. The number of thiophene rings is 1. The van der Waals surface area contributed by atoms with Crippen molar-refractivity contribution in [2.45, 2.75) is 0 Å². The third-order valence-electron chi connectivity index (χ3n) is 4.84. The van der Waals surface area contributed by atoms with Crippen LogP contribution in [0.4, 0.5) is 5.69 Å². The van der Waals surface area contributed by atoms with Gasteiger partial charge in [0.05, 0.1) is 10.6 Å². The largest absolute Gasteiger partial charge is 0.366 e. The molecule has 0 N–H and O–H groups in total. The highest BCUT2D eigenvalue weighted by atomic mass is 32.1. The summed E-state index contributed by atoms with van der Waals surface area (Å²) in [6, 6.07) is 9.44. The van der Waals surface area contributed by atoms with Crippen molar-refractivity contribution in [2.75, 3.05) is 31.1 Å². The van der Waals surface area contributed by atoms with Gasteiger partial charge in [0.2, 0.25) is 0 Å². The van der Waals surface area contributed by atoms with E-state index >= 15 is 0 Å². The lowest BCUT2D eigenvalue weighted by Gasteiger charge is -2.36. The molecule has 4 rings (SSSR count). The fraction of sp³-hybridized carbons (Fsp3) is 0.263. The van der Waals surface area contributed by atoms with Crippen LogP contribution in [0.15, 0.2) is 40.6 Å². The van der Waals surface area contributed by atoms with E-state index in [-0.39, 0.29) is 17.0 Å². The van der Waals surface area contributed by atoms with E-state index in [2.05, 4.69) is 11.1 Å². The van der Waals surface area contributed by atoms with Crippen molar-refractivity contribution in [1.29, 1.82) is 5.26 Å². The van der Waals surface area contributed by atoms with Gasteiger partial charge in [-0.1, -0.05) is 6.07 Å². The highest BCUT2D eigenvalue weighted by Gasteiger charge is 2.27. The maximum atomic E-state index is 12.6. The molecule has 0 radical (unpaired) electrons. The van der Waals surface area contributed by atoms with E-state index in [0.29, 0.717) is 37.5 Å². The summed E-state index contributed by atoms with van der Waals surface area (Å²) in [6.45, 7) is 2.20. The number of fused-ring (bicyclic) bond motifs is 1. The van der Waals surface area contributed by atoms with Crippen molar-refractivity contribution in [3.63, 3.8) is 0 Å². The van der Waals surface area contributed by atoms with Gasteiger partial charge < -0.3 is 9.80 Å². The van der Waals surface area contributed by atoms with Gasteiger partial charge in [0, 0.05) is 44.8 Å². The average Bonchev–Trinajstić information content (AvgIpc) is 3.25. The van der Waals surface area contributed by atoms with Crippen molar-refractivity contribution in [1.82, 2.24) is 14.5 Å². The molecule has 0 aliphatic carbocycles. The fourth-order valence-corrected chi connectivity index (χ4v) is 4.16. The van der Waals surface area contributed by atoms with Gasteiger partial charge in [-0.25, -0.2) is 4.98 Å². The molecule has 7 nitrogen and oxygen atoms in total. The van der Waals surface area contributed by atoms with Gasteiger partial charge in [-0.3, -0.25) is 14.2 Å². The summed E-state index contributed by atoms with van der Waals surface area (Å²) < 4.78 is 1.41. The van der Waals surface area contributed by atoms with Crippen LogP contribution in [0.3, 0.4) is 0 Å². The van der Waals surface area contributed by atoms with E-state index in [1.165, 1.54) is 15.9 Å². The lowest BCUT2D eigenvalue weighted by molar-refractivity contribution is 0.0751. The standard InChI is InChI=1S/C19H17N5O2S/c1-22-17-13(4-2-6-21-17)16(14(12-20)18(22)25)23-7-9-24(10-8-23)19(26)15-5-3-11-27-15/h2-6,11H,7-10H2,1H3. The quantitative estimate of drug-likeness (QED) is 0.678. The average molecular weight is 379 g/mol. The molecule has 0 bridgehead atoms. The van der Waals surface area contributed by atoms with Gasteiger partial charge in [0.25, 0.3) is 11.5 Å². The van der Waals surface area contributed by atoms with Gasteiger partial charge in [0.1, 0.15) is 17.3 Å². The van der Waals surface area contributed by atoms with Gasteiger partial charge in [-0.2, -0.15) is 5.26 Å². The number of amides is 1. The van der Waals surface area contributed by atoms with Crippen LogP contribution < -0.4 is 10.5 Å². The molecule has 4 heterocycles. The molecule has 0 saturated carbocycles. The summed E-state index contributed by atoms with van der Waals surface area (Å²) in [5.74, 6) is 0.0284. The van der Waals surface area contributed by atoms with E-state index in [9.17, 15) is 14.9 Å². The molecule has 27 heavy (non-hydrogen) atoms. The molecule has 0 unspecified atom stereocenters. The predicted molar refractivity (Wildman–Crippen MR) is 104 cm³/mol. The Bertz CT molecular complexity index is 1110. The molecule has 8 heteroatoms. The Hall–Kier alpha value is -3.18. The zero-order valence-electron chi connectivity index (χ0n) is 14.8. The van der Waals surface area contributed by atoms with Gasteiger partial charge in [0.15, 0.2) is 0 Å². The summed E-state index contributed by atoms with van der Waals surface area (Å²) in [6.07, 6.45) is 1.63. The van der Waals surface area contributed by atoms with Crippen molar-refractivity contribution in [2.24, 2.45) is 7.05 Å². The SMILES string of the molecule is Cn1c(=O)c(C#N)c(N2CCN(C(=O)c3cccs3)CC2)c2cccnc21. The number of pyridine rings is 2. The molecule has 1 amide bonds. The highest BCUT2D eigenvalue weighted by Crippen LogP contribution is 2.28. The van der Waals surface area contributed by atoms with Gasteiger partial charge in [-0.15, -0.1) is 11.3 Å². The van der Waals surface area contributed by atoms with Crippen molar-refractivity contribution < 1.29 is 4.79 Å². The molecule has 0 spiro atoms. The first-order chi connectivity index (χ1) is 13.1. The number of carbonyl (C=O) groups is 1. The molecule has 1 aliphatic rings. The molecule has 0 atom stereocenters. The zero-order valence-corrected chi connectivity index (χ0v) is 15.6. The molecule has 3 aromatic rings. The topological polar surface area (TPSA) is 82.2 Å². The minimum absolute atomic E-state index is 0.0284. The molecule has 136 valence electrons. The van der Waals surface area contributed by atoms with Crippen LogP contribution >= 0.6 is 11.3 Å². The second-order valence-corrected chi connectivity index (χ2v) is 7.28. The summed E-state index contributed by atoms with van der Waals surface area (Å²) in [5.41, 5.74) is 0.937. The van der Waals surface area contributed by atoms with Gasteiger partial charge in [-0.05, 0) is 23.6 Å².